The van der Waals surface area contributed by atoms with Crippen LogP contribution in [0.1, 0.15) is 22.3 Å². The first-order chi connectivity index (χ1) is 29.8. The van der Waals surface area contributed by atoms with E-state index in [9.17, 15) is 0 Å². The Bertz CT molecular complexity index is 3250. The molecule has 1 aromatic heterocycles. The van der Waals surface area contributed by atoms with Gasteiger partial charge in [-0.1, -0.05) is 200 Å². The highest BCUT2D eigenvalue weighted by Gasteiger charge is 2.50. The van der Waals surface area contributed by atoms with Crippen LogP contribution < -0.4 is 4.74 Å². The largest absolute Gasteiger partial charge is 0.457 e. The van der Waals surface area contributed by atoms with Gasteiger partial charge in [0, 0.05) is 27.8 Å². The molecule has 10 aromatic rings. The van der Waals surface area contributed by atoms with Crippen LogP contribution in [0.4, 0.5) is 0 Å². The SMILES string of the molecule is c1ccc(-c2cc(-c3ccc(-c4ccccc4)c4ccccc34)nc(-c3ccccc3-c3ccc4c(c3)Oc3ccccc3C43c4ccccc4-c4ccccc43)n2)cc1. The first-order valence-corrected chi connectivity index (χ1v) is 20.5. The predicted molar refractivity (Wildman–Crippen MR) is 244 cm³/mol. The normalized spacial score (nSPS) is 12.9. The average molecular weight is 765 g/mol. The van der Waals surface area contributed by atoms with Crippen LogP contribution in [0.25, 0.3) is 78.1 Å². The minimum absolute atomic E-state index is 0.518. The summed E-state index contributed by atoms with van der Waals surface area (Å²) in [6.07, 6.45) is 0. The first kappa shape index (κ1) is 34.2. The molecule has 0 N–H and O–H groups in total. The Kier molecular flexibility index (Phi) is 7.76. The van der Waals surface area contributed by atoms with Crippen molar-refractivity contribution >= 4 is 10.8 Å². The second-order valence-corrected chi connectivity index (χ2v) is 15.6. The molecule has 0 saturated heterocycles. The van der Waals surface area contributed by atoms with Crippen LogP contribution in [0.3, 0.4) is 0 Å². The fraction of sp³-hybridized carbons (Fsp3) is 0.0175. The lowest BCUT2D eigenvalue weighted by molar-refractivity contribution is 0.436. The van der Waals surface area contributed by atoms with E-state index in [1.807, 2.05) is 6.07 Å². The topological polar surface area (TPSA) is 35.0 Å². The molecule has 1 aliphatic heterocycles. The Morgan fingerprint density at radius 1 is 0.300 bits per heavy atom. The number of benzene rings is 9. The van der Waals surface area contributed by atoms with E-state index in [4.69, 9.17) is 14.7 Å². The lowest BCUT2D eigenvalue weighted by atomic mass is 9.66. The number of rotatable bonds is 5. The van der Waals surface area contributed by atoms with Crippen molar-refractivity contribution < 1.29 is 4.74 Å². The van der Waals surface area contributed by atoms with Crippen molar-refractivity contribution in [2.45, 2.75) is 5.41 Å². The Hall–Kier alpha value is -7.88. The molecule has 0 saturated carbocycles. The number of hydrogen-bond acceptors (Lipinski definition) is 3. The molecule has 1 aliphatic carbocycles. The Labute approximate surface area is 348 Å². The third-order valence-corrected chi connectivity index (χ3v) is 12.4. The van der Waals surface area contributed by atoms with Crippen LogP contribution in [0.15, 0.2) is 218 Å². The van der Waals surface area contributed by atoms with Gasteiger partial charge < -0.3 is 4.74 Å². The summed E-state index contributed by atoms with van der Waals surface area (Å²) in [7, 11) is 0. The summed E-state index contributed by atoms with van der Waals surface area (Å²) in [5.41, 5.74) is 16.1. The number of fused-ring (bicyclic) bond motifs is 10. The van der Waals surface area contributed by atoms with Crippen molar-refractivity contribution in [2.24, 2.45) is 0 Å². The molecule has 0 unspecified atom stereocenters. The smallest absolute Gasteiger partial charge is 0.161 e. The molecule has 280 valence electrons. The Balaban J connectivity index is 1.05. The zero-order chi connectivity index (χ0) is 39.6. The van der Waals surface area contributed by atoms with E-state index < -0.39 is 5.41 Å². The van der Waals surface area contributed by atoms with E-state index in [1.54, 1.807) is 0 Å². The summed E-state index contributed by atoms with van der Waals surface area (Å²) >= 11 is 0. The van der Waals surface area contributed by atoms with E-state index in [0.29, 0.717) is 5.82 Å². The van der Waals surface area contributed by atoms with E-state index in [1.165, 1.54) is 38.8 Å². The molecule has 0 amide bonds. The summed E-state index contributed by atoms with van der Waals surface area (Å²) in [5.74, 6) is 2.38. The van der Waals surface area contributed by atoms with Crippen LogP contribution in [0, 0.1) is 0 Å². The molecule has 9 aromatic carbocycles. The molecule has 60 heavy (non-hydrogen) atoms. The van der Waals surface area contributed by atoms with Gasteiger partial charge in [0.05, 0.1) is 16.8 Å². The second kappa shape index (κ2) is 13.6. The molecule has 3 heteroatoms. The highest BCUT2D eigenvalue weighted by molar-refractivity contribution is 6.05. The maximum atomic E-state index is 6.91. The predicted octanol–water partition coefficient (Wildman–Crippen LogP) is 14.4. The molecule has 0 radical (unpaired) electrons. The molecule has 2 heterocycles. The molecular weight excluding hydrogens is 729 g/mol. The van der Waals surface area contributed by atoms with Crippen LogP contribution >= 0.6 is 0 Å². The van der Waals surface area contributed by atoms with E-state index >= 15 is 0 Å². The fourth-order valence-corrected chi connectivity index (χ4v) is 9.81. The molecule has 3 nitrogen and oxygen atoms in total. The third-order valence-electron chi connectivity index (χ3n) is 12.4. The van der Waals surface area contributed by atoms with Gasteiger partial charge >= 0.3 is 0 Å². The highest BCUT2D eigenvalue weighted by atomic mass is 16.5. The van der Waals surface area contributed by atoms with Crippen molar-refractivity contribution in [3.63, 3.8) is 0 Å². The van der Waals surface area contributed by atoms with Crippen LogP contribution in [0.5, 0.6) is 11.5 Å². The first-order valence-electron chi connectivity index (χ1n) is 20.5. The fourth-order valence-electron chi connectivity index (χ4n) is 9.81. The molecule has 0 bridgehead atoms. The number of ether oxygens (including phenoxy) is 1. The Morgan fingerprint density at radius 3 is 1.53 bits per heavy atom. The lowest BCUT2D eigenvalue weighted by Crippen LogP contribution is -2.32. The molecule has 0 fully saturated rings. The summed E-state index contributed by atoms with van der Waals surface area (Å²) in [6, 6.07) is 77.6. The van der Waals surface area contributed by atoms with Gasteiger partial charge in [-0.2, -0.15) is 0 Å². The maximum Gasteiger partial charge on any atom is 0.161 e. The summed E-state index contributed by atoms with van der Waals surface area (Å²) in [4.78, 5) is 10.7. The molecule has 0 atom stereocenters. The average Bonchev–Trinajstić information content (AvgIpc) is 3.62. The third kappa shape index (κ3) is 5.16. The highest BCUT2D eigenvalue weighted by Crippen LogP contribution is 2.62. The van der Waals surface area contributed by atoms with Gasteiger partial charge in [-0.05, 0) is 73.5 Å². The lowest BCUT2D eigenvalue weighted by Gasteiger charge is -2.39. The molecule has 1 spiro atoms. The van der Waals surface area contributed by atoms with E-state index in [2.05, 4.69) is 212 Å². The standard InChI is InChI=1S/C57H36N2O/c1-3-17-37(18-4-1)41-32-33-46(43-23-9-8-22-42(41)43)53-36-52(38-19-5-2-6-20-38)58-56(59-53)47-26-10-7-21-40(47)39-31-34-51-55(35-39)60-54-30-16-15-29-50(54)57(51)48-27-13-11-24-44(48)45-25-12-14-28-49(45)57/h1-36H. The number of para-hydroxylation sites is 1. The summed E-state index contributed by atoms with van der Waals surface area (Å²) in [5, 5.41) is 2.33. The van der Waals surface area contributed by atoms with E-state index in [-0.39, 0.29) is 0 Å². The second-order valence-electron chi connectivity index (χ2n) is 15.6. The van der Waals surface area contributed by atoms with Gasteiger partial charge in [0.15, 0.2) is 5.82 Å². The minimum Gasteiger partial charge on any atom is -0.457 e. The maximum absolute atomic E-state index is 6.91. The van der Waals surface area contributed by atoms with Crippen molar-refractivity contribution in [1.29, 1.82) is 0 Å². The molecular formula is C57H36N2O. The van der Waals surface area contributed by atoms with Crippen molar-refractivity contribution in [3.8, 4) is 78.8 Å². The number of hydrogen-bond donors (Lipinski definition) is 0. The Morgan fingerprint density at radius 2 is 0.817 bits per heavy atom. The zero-order valence-electron chi connectivity index (χ0n) is 32.6. The van der Waals surface area contributed by atoms with E-state index in [0.717, 1.165) is 67.2 Å². The van der Waals surface area contributed by atoms with Gasteiger partial charge in [-0.25, -0.2) is 9.97 Å². The quantitative estimate of drug-likeness (QED) is 0.175. The molecule has 12 rings (SSSR count). The summed E-state index contributed by atoms with van der Waals surface area (Å²) < 4.78 is 6.91. The van der Waals surface area contributed by atoms with Crippen molar-refractivity contribution in [3.05, 3.63) is 241 Å². The van der Waals surface area contributed by atoms with Crippen molar-refractivity contribution in [1.82, 2.24) is 9.97 Å². The summed E-state index contributed by atoms with van der Waals surface area (Å²) in [6.45, 7) is 0. The van der Waals surface area contributed by atoms with Gasteiger partial charge in [0.1, 0.15) is 11.5 Å². The number of aromatic nitrogens is 2. The van der Waals surface area contributed by atoms with Gasteiger partial charge in [0.2, 0.25) is 0 Å². The molecule has 2 aliphatic rings. The monoisotopic (exact) mass is 764 g/mol. The van der Waals surface area contributed by atoms with Gasteiger partial charge in [-0.15, -0.1) is 0 Å². The minimum atomic E-state index is -0.518. The number of nitrogens with zero attached hydrogens (tertiary/aromatic N) is 2. The van der Waals surface area contributed by atoms with Gasteiger partial charge in [-0.3, -0.25) is 0 Å². The van der Waals surface area contributed by atoms with Crippen molar-refractivity contribution in [2.75, 3.05) is 0 Å². The van der Waals surface area contributed by atoms with Gasteiger partial charge in [0.25, 0.3) is 0 Å². The van der Waals surface area contributed by atoms with Crippen LogP contribution in [0.2, 0.25) is 0 Å². The zero-order valence-corrected chi connectivity index (χ0v) is 32.6. The van der Waals surface area contributed by atoms with Crippen LogP contribution in [-0.2, 0) is 5.41 Å². The van der Waals surface area contributed by atoms with Crippen LogP contribution in [-0.4, -0.2) is 9.97 Å².